The fourth-order valence-electron chi connectivity index (χ4n) is 3.37. The zero-order chi connectivity index (χ0) is 19.0. The van der Waals surface area contributed by atoms with Gasteiger partial charge < -0.3 is 14.6 Å². The Morgan fingerprint density at radius 3 is 2.78 bits per heavy atom. The van der Waals surface area contributed by atoms with E-state index in [-0.39, 0.29) is 28.8 Å². The number of nitrogens with one attached hydrogen (secondary N) is 1. The zero-order valence-electron chi connectivity index (χ0n) is 15.0. The second-order valence-corrected chi connectivity index (χ2v) is 6.89. The summed E-state index contributed by atoms with van der Waals surface area (Å²) in [6.07, 6.45) is 3.65. The third-order valence-corrected chi connectivity index (χ3v) is 4.95. The number of fused-ring (bicyclic) bond motifs is 1. The summed E-state index contributed by atoms with van der Waals surface area (Å²) in [7, 11) is 0. The molecular formula is C20H20FN3O3. The van der Waals surface area contributed by atoms with Crippen LogP contribution in [-0.2, 0) is 0 Å². The van der Waals surface area contributed by atoms with Crippen LogP contribution in [0.3, 0.4) is 0 Å². The Bertz CT molecular complexity index is 942. The molecular weight excluding hydrogens is 349 g/mol. The molecule has 2 heterocycles. The smallest absolute Gasteiger partial charge is 0.231 e. The van der Waals surface area contributed by atoms with Gasteiger partial charge in [0.15, 0.2) is 5.69 Å². The largest absolute Gasteiger partial charge is 0.432 e. The summed E-state index contributed by atoms with van der Waals surface area (Å²) in [5.41, 5.74) is 1.08. The lowest BCUT2D eigenvalue weighted by atomic mass is 10.0. The van der Waals surface area contributed by atoms with Gasteiger partial charge in [-0.05, 0) is 50.6 Å². The number of nitrogens with zero attached hydrogens (tertiary/aromatic N) is 2. The Balaban J connectivity index is 1.52. The molecule has 0 saturated carbocycles. The minimum Gasteiger partial charge on any atom is -0.432 e. The molecule has 1 fully saturated rings. The van der Waals surface area contributed by atoms with E-state index in [1.807, 2.05) is 0 Å². The lowest BCUT2D eigenvalue weighted by Gasteiger charge is -2.17. The number of aryl methyl sites for hydroxylation is 1. The number of halogens is 1. The Morgan fingerprint density at radius 2 is 2.04 bits per heavy atom. The van der Waals surface area contributed by atoms with Gasteiger partial charge in [0.05, 0.1) is 5.70 Å². The van der Waals surface area contributed by atoms with Crippen molar-refractivity contribution in [2.45, 2.75) is 19.8 Å². The molecule has 0 bridgehead atoms. The molecule has 0 unspecified atom stereocenters. The van der Waals surface area contributed by atoms with Gasteiger partial charge in [-0.2, -0.15) is 0 Å². The van der Waals surface area contributed by atoms with E-state index in [0.717, 1.165) is 19.6 Å². The monoisotopic (exact) mass is 369 g/mol. The maximum absolute atomic E-state index is 13.8. The molecule has 2 aromatic rings. The van der Waals surface area contributed by atoms with Crippen LogP contribution >= 0.6 is 0 Å². The third-order valence-electron chi connectivity index (χ3n) is 4.95. The van der Waals surface area contributed by atoms with E-state index in [4.69, 9.17) is 4.42 Å². The van der Waals surface area contributed by atoms with Crippen LogP contribution in [0.4, 0.5) is 4.39 Å². The first-order valence-corrected chi connectivity index (χ1v) is 9.07. The normalized spacial score (nSPS) is 17.2. The van der Waals surface area contributed by atoms with E-state index >= 15 is 0 Å². The molecule has 0 radical (unpaired) electrons. The van der Waals surface area contributed by atoms with Gasteiger partial charge in [0.2, 0.25) is 23.2 Å². The van der Waals surface area contributed by atoms with Crippen LogP contribution in [0.2, 0.25) is 0 Å². The molecule has 1 saturated heterocycles. The zero-order valence-corrected chi connectivity index (χ0v) is 15.0. The summed E-state index contributed by atoms with van der Waals surface area (Å²) in [6.45, 7) is 5.18. The van der Waals surface area contributed by atoms with E-state index in [1.165, 1.54) is 25.0 Å². The van der Waals surface area contributed by atoms with Gasteiger partial charge in [-0.15, -0.1) is 0 Å². The number of Topliss-reactive ketones (excluding diaryl/α,β-unsaturated/α-hetero) is 1. The van der Waals surface area contributed by atoms with E-state index in [1.54, 1.807) is 19.1 Å². The number of hydrogen-bond acceptors (Lipinski definition) is 6. The number of hydrogen-bond donors (Lipinski definition) is 1. The molecule has 1 aromatic heterocycles. The fourth-order valence-corrected chi connectivity index (χ4v) is 3.37. The number of benzene rings is 1. The van der Waals surface area contributed by atoms with Gasteiger partial charge in [-0.25, -0.2) is 9.37 Å². The van der Waals surface area contributed by atoms with Crippen molar-refractivity contribution in [3.63, 3.8) is 0 Å². The molecule has 0 amide bonds. The predicted octanol–water partition coefficient (Wildman–Crippen LogP) is 2.74. The number of rotatable bonds is 5. The molecule has 1 aromatic carbocycles. The molecule has 2 aliphatic rings. The highest BCUT2D eigenvalue weighted by molar-refractivity contribution is 6.22. The van der Waals surface area contributed by atoms with Gasteiger partial charge in [0.25, 0.3) is 0 Å². The number of allylic oxidation sites excluding steroid dienone is 2. The lowest BCUT2D eigenvalue weighted by molar-refractivity contribution is 0.0960. The first-order valence-electron chi connectivity index (χ1n) is 9.07. The number of carbonyl (C=O) groups is 2. The average molecular weight is 369 g/mol. The highest BCUT2D eigenvalue weighted by Gasteiger charge is 2.32. The van der Waals surface area contributed by atoms with Crippen molar-refractivity contribution in [1.29, 1.82) is 0 Å². The van der Waals surface area contributed by atoms with Crippen LogP contribution < -0.4 is 5.32 Å². The van der Waals surface area contributed by atoms with E-state index in [9.17, 15) is 14.0 Å². The first-order chi connectivity index (χ1) is 13.0. The van der Waals surface area contributed by atoms with Crippen LogP contribution in [-0.4, -0.2) is 47.6 Å². The van der Waals surface area contributed by atoms with Crippen LogP contribution in [0.1, 0.15) is 39.4 Å². The summed E-state index contributed by atoms with van der Waals surface area (Å²) < 4.78 is 19.3. The Hall–Kier alpha value is -2.80. The molecule has 6 nitrogen and oxygen atoms in total. The number of aromatic nitrogens is 1. The first kappa shape index (κ1) is 17.6. The topological polar surface area (TPSA) is 75.4 Å². The highest BCUT2D eigenvalue weighted by atomic mass is 19.1. The third kappa shape index (κ3) is 3.42. The maximum Gasteiger partial charge on any atom is 0.231 e. The second kappa shape index (κ2) is 7.08. The minimum absolute atomic E-state index is 0.0258. The van der Waals surface area contributed by atoms with Crippen molar-refractivity contribution in [1.82, 2.24) is 15.2 Å². The van der Waals surface area contributed by atoms with Crippen molar-refractivity contribution in [2.24, 2.45) is 0 Å². The second-order valence-electron chi connectivity index (χ2n) is 6.89. The number of likely N-dealkylation sites (tertiary alicyclic amines) is 1. The van der Waals surface area contributed by atoms with Gasteiger partial charge in [0, 0.05) is 24.7 Å². The molecule has 140 valence electrons. The molecule has 1 aliphatic carbocycles. The van der Waals surface area contributed by atoms with Gasteiger partial charge >= 0.3 is 0 Å². The van der Waals surface area contributed by atoms with Gasteiger partial charge in [0.1, 0.15) is 5.82 Å². The Labute approximate surface area is 156 Å². The minimum atomic E-state index is -0.417. The van der Waals surface area contributed by atoms with Crippen LogP contribution in [0.5, 0.6) is 0 Å². The fraction of sp³-hybridized carbons (Fsp3) is 0.350. The van der Waals surface area contributed by atoms with E-state index < -0.39 is 11.6 Å². The summed E-state index contributed by atoms with van der Waals surface area (Å²) in [5, 5.41) is 3.04. The van der Waals surface area contributed by atoms with Crippen molar-refractivity contribution in [2.75, 3.05) is 26.2 Å². The van der Waals surface area contributed by atoms with Crippen molar-refractivity contribution in [3.05, 3.63) is 52.8 Å². The predicted molar refractivity (Wildman–Crippen MR) is 97.1 cm³/mol. The molecule has 4 rings (SSSR count). The molecule has 1 N–H and O–H groups in total. The summed E-state index contributed by atoms with van der Waals surface area (Å²) >= 11 is 0. The van der Waals surface area contributed by atoms with E-state index in [0.29, 0.717) is 17.7 Å². The Kier molecular flexibility index (Phi) is 4.61. The highest BCUT2D eigenvalue weighted by Crippen LogP contribution is 2.27. The van der Waals surface area contributed by atoms with Gasteiger partial charge in [-0.1, -0.05) is 6.07 Å². The van der Waals surface area contributed by atoms with Crippen LogP contribution in [0.15, 0.2) is 34.4 Å². The van der Waals surface area contributed by atoms with Crippen molar-refractivity contribution in [3.8, 4) is 11.5 Å². The van der Waals surface area contributed by atoms with Crippen molar-refractivity contribution < 1.29 is 18.4 Å². The number of oxazole rings is 1. The summed E-state index contributed by atoms with van der Waals surface area (Å²) in [5.74, 6) is -1.23. The van der Waals surface area contributed by atoms with Crippen LogP contribution in [0, 0.1) is 12.7 Å². The number of carbonyl (C=O) groups excluding carboxylic acids is 2. The maximum atomic E-state index is 13.8. The molecule has 0 atom stereocenters. The number of ketones is 2. The molecule has 0 spiro atoms. The standard InChI is InChI=1S/C20H20FN3O3/c1-12-4-5-13(10-14(12)21)20-23-17-18(26)15(11-16(25)19(17)27-20)22-6-9-24-7-2-3-8-24/h4-5,10-11,22H,2-3,6-9H2,1H3. The molecule has 27 heavy (non-hydrogen) atoms. The summed E-state index contributed by atoms with van der Waals surface area (Å²) in [4.78, 5) is 31.5. The van der Waals surface area contributed by atoms with E-state index in [2.05, 4.69) is 15.2 Å². The SMILES string of the molecule is Cc1ccc(-c2nc3c(o2)C(=O)C=C(NCCN2CCCC2)C3=O)cc1F. The Morgan fingerprint density at radius 1 is 1.26 bits per heavy atom. The lowest BCUT2D eigenvalue weighted by Crippen LogP contribution is -2.33. The molecule has 7 heteroatoms. The average Bonchev–Trinajstić information content (AvgIpc) is 3.31. The van der Waals surface area contributed by atoms with Gasteiger partial charge in [-0.3, -0.25) is 9.59 Å². The quantitative estimate of drug-likeness (QED) is 0.873. The molecule has 1 aliphatic heterocycles. The summed E-state index contributed by atoms with van der Waals surface area (Å²) in [6, 6.07) is 4.53. The van der Waals surface area contributed by atoms with Crippen molar-refractivity contribution >= 4 is 11.6 Å². The van der Waals surface area contributed by atoms with Crippen LogP contribution in [0.25, 0.3) is 11.5 Å².